The SMILES string of the molecule is Cc1cc(C(N)C(F)F)ccc1Cl. The van der Waals surface area contributed by atoms with Gasteiger partial charge in [0.25, 0.3) is 6.43 Å². The van der Waals surface area contributed by atoms with Gasteiger partial charge in [-0.3, -0.25) is 0 Å². The molecule has 0 aliphatic rings. The van der Waals surface area contributed by atoms with E-state index >= 15 is 0 Å². The fraction of sp³-hybridized carbons (Fsp3) is 0.333. The Hall–Kier alpha value is -0.670. The highest BCUT2D eigenvalue weighted by atomic mass is 35.5. The normalized spacial score (nSPS) is 13.4. The standard InChI is InChI=1S/C9H10ClF2N/c1-5-4-6(2-3-7(5)10)8(13)9(11)12/h2-4,8-9H,13H2,1H3. The number of halogens is 3. The topological polar surface area (TPSA) is 26.0 Å². The minimum Gasteiger partial charge on any atom is -0.319 e. The van der Waals surface area contributed by atoms with Crippen LogP contribution in [0.3, 0.4) is 0 Å². The predicted molar refractivity (Wildman–Crippen MR) is 49.1 cm³/mol. The zero-order valence-electron chi connectivity index (χ0n) is 7.10. The number of hydrogen-bond donors (Lipinski definition) is 1. The third kappa shape index (κ3) is 2.39. The van der Waals surface area contributed by atoms with Gasteiger partial charge in [0.15, 0.2) is 0 Å². The van der Waals surface area contributed by atoms with Crippen molar-refractivity contribution in [1.82, 2.24) is 0 Å². The molecule has 1 nitrogen and oxygen atoms in total. The maximum absolute atomic E-state index is 12.2. The summed E-state index contributed by atoms with van der Waals surface area (Å²) in [6.45, 7) is 1.75. The first kappa shape index (κ1) is 10.4. The molecule has 0 spiro atoms. The molecule has 72 valence electrons. The van der Waals surface area contributed by atoms with E-state index in [0.717, 1.165) is 5.56 Å². The van der Waals surface area contributed by atoms with E-state index in [1.807, 2.05) is 0 Å². The molecule has 13 heavy (non-hydrogen) atoms. The number of aryl methyl sites for hydroxylation is 1. The zero-order valence-corrected chi connectivity index (χ0v) is 7.85. The summed E-state index contributed by atoms with van der Waals surface area (Å²) in [7, 11) is 0. The van der Waals surface area contributed by atoms with Gasteiger partial charge < -0.3 is 5.73 Å². The molecular formula is C9H10ClF2N. The highest BCUT2D eigenvalue weighted by Crippen LogP contribution is 2.22. The van der Waals surface area contributed by atoms with Crippen molar-refractivity contribution in [2.24, 2.45) is 5.73 Å². The van der Waals surface area contributed by atoms with E-state index in [1.54, 1.807) is 19.1 Å². The summed E-state index contributed by atoms with van der Waals surface area (Å²) in [4.78, 5) is 0. The van der Waals surface area contributed by atoms with Crippen LogP contribution in [0.2, 0.25) is 5.02 Å². The molecule has 0 saturated heterocycles. The van der Waals surface area contributed by atoms with E-state index in [9.17, 15) is 8.78 Å². The van der Waals surface area contributed by atoms with Gasteiger partial charge >= 0.3 is 0 Å². The fourth-order valence-electron chi connectivity index (χ4n) is 1.02. The number of hydrogen-bond acceptors (Lipinski definition) is 1. The number of benzene rings is 1. The highest BCUT2D eigenvalue weighted by molar-refractivity contribution is 6.31. The molecule has 0 bridgehead atoms. The summed E-state index contributed by atoms with van der Waals surface area (Å²) >= 11 is 5.74. The van der Waals surface area contributed by atoms with E-state index in [2.05, 4.69) is 0 Å². The van der Waals surface area contributed by atoms with Crippen LogP contribution in [0, 0.1) is 6.92 Å². The molecular weight excluding hydrogens is 196 g/mol. The van der Waals surface area contributed by atoms with E-state index in [4.69, 9.17) is 17.3 Å². The molecule has 0 aromatic heterocycles. The molecule has 0 aliphatic carbocycles. The zero-order chi connectivity index (χ0) is 10.0. The lowest BCUT2D eigenvalue weighted by Gasteiger charge is -2.11. The Morgan fingerprint density at radius 3 is 2.46 bits per heavy atom. The molecule has 2 N–H and O–H groups in total. The Morgan fingerprint density at radius 2 is 2.00 bits per heavy atom. The van der Waals surface area contributed by atoms with Crippen molar-refractivity contribution in [3.8, 4) is 0 Å². The van der Waals surface area contributed by atoms with Gasteiger partial charge in [-0.1, -0.05) is 23.7 Å². The molecule has 4 heteroatoms. The lowest BCUT2D eigenvalue weighted by atomic mass is 10.1. The summed E-state index contributed by atoms with van der Waals surface area (Å²) in [6, 6.07) is 3.45. The third-order valence-electron chi connectivity index (χ3n) is 1.84. The Morgan fingerprint density at radius 1 is 1.38 bits per heavy atom. The average molecular weight is 206 g/mol. The van der Waals surface area contributed by atoms with Crippen molar-refractivity contribution >= 4 is 11.6 Å². The Labute approximate surface area is 80.5 Å². The van der Waals surface area contributed by atoms with E-state index < -0.39 is 12.5 Å². The van der Waals surface area contributed by atoms with Crippen molar-refractivity contribution in [3.05, 3.63) is 34.3 Å². The number of alkyl halides is 2. The largest absolute Gasteiger partial charge is 0.319 e. The lowest BCUT2D eigenvalue weighted by Crippen LogP contribution is -2.18. The second-order valence-corrected chi connectivity index (χ2v) is 3.28. The molecule has 1 atom stereocenters. The van der Waals surface area contributed by atoms with Crippen LogP contribution in [0.15, 0.2) is 18.2 Å². The highest BCUT2D eigenvalue weighted by Gasteiger charge is 2.17. The van der Waals surface area contributed by atoms with Crippen LogP contribution in [-0.4, -0.2) is 6.43 Å². The van der Waals surface area contributed by atoms with Crippen LogP contribution in [0.1, 0.15) is 17.2 Å². The minimum atomic E-state index is -2.54. The molecule has 0 amide bonds. The second kappa shape index (κ2) is 4.03. The van der Waals surface area contributed by atoms with Gasteiger partial charge in [-0.2, -0.15) is 0 Å². The lowest BCUT2D eigenvalue weighted by molar-refractivity contribution is 0.116. The molecule has 1 rings (SSSR count). The monoisotopic (exact) mass is 205 g/mol. The quantitative estimate of drug-likeness (QED) is 0.790. The van der Waals surface area contributed by atoms with Crippen LogP contribution in [0.4, 0.5) is 8.78 Å². The first-order chi connectivity index (χ1) is 6.02. The summed E-state index contributed by atoms with van der Waals surface area (Å²) in [5.41, 5.74) is 6.44. The van der Waals surface area contributed by atoms with Crippen LogP contribution >= 0.6 is 11.6 Å². The predicted octanol–water partition coefficient (Wildman–Crippen LogP) is 2.91. The van der Waals surface area contributed by atoms with Crippen LogP contribution in [0.25, 0.3) is 0 Å². The summed E-state index contributed by atoms with van der Waals surface area (Å²) in [6.07, 6.45) is -2.54. The Bertz CT molecular complexity index is 302. The van der Waals surface area contributed by atoms with Crippen molar-refractivity contribution in [2.45, 2.75) is 19.4 Å². The molecule has 1 aromatic rings. The molecule has 0 heterocycles. The van der Waals surface area contributed by atoms with Crippen molar-refractivity contribution in [2.75, 3.05) is 0 Å². The Balaban J connectivity index is 2.97. The van der Waals surface area contributed by atoms with Gasteiger partial charge in [0, 0.05) is 5.02 Å². The summed E-state index contributed by atoms with van der Waals surface area (Å²) in [5, 5.41) is 0.560. The molecule has 0 radical (unpaired) electrons. The average Bonchev–Trinajstić information content (AvgIpc) is 2.08. The molecule has 0 fully saturated rings. The third-order valence-corrected chi connectivity index (χ3v) is 2.26. The van der Waals surface area contributed by atoms with Crippen LogP contribution in [0.5, 0.6) is 0 Å². The smallest absolute Gasteiger partial charge is 0.257 e. The molecule has 1 unspecified atom stereocenters. The molecule has 0 aliphatic heterocycles. The van der Waals surface area contributed by atoms with E-state index in [0.29, 0.717) is 10.6 Å². The first-order valence-corrected chi connectivity index (χ1v) is 4.20. The van der Waals surface area contributed by atoms with Gasteiger partial charge in [-0.05, 0) is 24.1 Å². The van der Waals surface area contributed by atoms with Crippen molar-refractivity contribution in [3.63, 3.8) is 0 Å². The van der Waals surface area contributed by atoms with Gasteiger partial charge in [0.1, 0.15) is 0 Å². The second-order valence-electron chi connectivity index (χ2n) is 2.87. The molecule has 1 aromatic carbocycles. The van der Waals surface area contributed by atoms with Crippen molar-refractivity contribution in [1.29, 1.82) is 0 Å². The minimum absolute atomic E-state index is 0.414. The van der Waals surface area contributed by atoms with Gasteiger partial charge in [-0.25, -0.2) is 8.78 Å². The number of nitrogens with two attached hydrogens (primary N) is 1. The fourth-order valence-corrected chi connectivity index (χ4v) is 1.14. The maximum atomic E-state index is 12.2. The van der Waals surface area contributed by atoms with Crippen LogP contribution < -0.4 is 5.73 Å². The van der Waals surface area contributed by atoms with Crippen molar-refractivity contribution < 1.29 is 8.78 Å². The maximum Gasteiger partial charge on any atom is 0.257 e. The van der Waals surface area contributed by atoms with Crippen LogP contribution in [-0.2, 0) is 0 Å². The van der Waals surface area contributed by atoms with Gasteiger partial charge in [0.2, 0.25) is 0 Å². The Kier molecular flexibility index (Phi) is 3.22. The number of rotatable bonds is 2. The summed E-state index contributed by atoms with van der Waals surface area (Å²) < 4.78 is 24.4. The van der Waals surface area contributed by atoms with E-state index in [1.165, 1.54) is 6.07 Å². The molecule has 0 saturated carbocycles. The van der Waals surface area contributed by atoms with E-state index in [-0.39, 0.29) is 0 Å². The van der Waals surface area contributed by atoms with Gasteiger partial charge in [0.05, 0.1) is 6.04 Å². The summed E-state index contributed by atoms with van der Waals surface area (Å²) in [5.74, 6) is 0. The van der Waals surface area contributed by atoms with Gasteiger partial charge in [-0.15, -0.1) is 0 Å². The first-order valence-electron chi connectivity index (χ1n) is 3.82.